The van der Waals surface area contributed by atoms with Crippen molar-refractivity contribution in [2.75, 3.05) is 69.7 Å². The normalized spacial score (nSPS) is 19.2. The zero-order chi connectivity index (χ0) is 34.0. The van der Waals surface area contributed by atoms with Gasteiger partial charge in [0.25, 0.3) is 11.8 Å². The lowest BCUT2D eigenvalue weighted by atomic mass is 10.0. The van der Waals surface area contributed by atoms with Crippen LogP contribution in [0.1, 0.15) is 52.2 Å². The molecular weight excluding hydrogens is 620 g/mol. The van der Waals surface area contributed by atoms with Crippen LogP contribution < -0.4 is 15.5 Å². The number of carbonyl (C=O) groups excluding carboxylic acids is 2. The van der Waals surface area contributed by atoms with Crippen LogP contribution >= 0.6 is 0 Å². The molecule has 47 heavy (non-hydrogen) atoms. The van der Waals surface area contributed by atoms with E-state index in [0.29, 0.717) is 32.8 Å². The first-order valence-corrected chi connectivity index (χ1v) is 15.6. The van der Waals surface area contributed by atoms with Crippen molar-refractivity contribution in [2.45, 2.75) is 46.2 Å². The summed E-state index contributed by atoms with van der Waals surface area (Å²) in [6.07, 6.45) is 1.98. The van der Waals surface area contributed by atoms with Crippen molar-refractivity contribution in [3.63, 3.8) is 0 Å². The average molecular weight is 661 g/mol. The van der Waals surface area contributed by atoms with Gasteiger partial charge in [-0.25, -0.2) is 22.2 Å². The third-order valence-electron chi connectivity index (χ3n) is 9.03. The predicted octanol–water partition coefficient (Wildman–Crippen LogP) is 3.67. The van der Waals surface area contributed by atoms with E-state index in [9.17, 15) is 14.0 Å². The van der Waals surface area contributed by atoms with Crippen LogP contribution in [-0.2, 0) is 4.74 Å². The predicted molar refractivity (Wildman–Crippen MR) is 168 cm³/mol. The Morgan fingerprint density at radius 1 is 0.915 bits per heavy atom. The Hall–Kier alpha value is -4.08. The lowest BCUT2D eigenvalue weighted by Gasteiger charge is -2.44. The van der Waals surface area contributed by atoms with Crippen LogP contribution in [0.5, 0.6) is 0 Å². The maximum atomic E-state index is 16.5. The van der Waals surface area contributed by atoms with Gasteiger partial charge in [-0.1, -0.05) is 5.21 Å². The fourth-order valence-corrected chi connectivity index (χ4v) is 5.94. The highest BCUT2D eigenvalue weighted by Gasteiger charge is 2.32. The number of anilines is 2. The Kier molecular flexibility index (Phi) is 10.5. The number of amides is 2. The lowest BCUT2D eigenvalue weighted by Crippen LogP contribution is -2.55. The van der Waals surface area contributed by atoms with Gasteiger partial charge in [-0.15, -0.1) is 5.10 Å². The number of hydrogen-bond donors (Lipinski definition) is 2. The number of morpholine rings is 1. The van der Waals surface area contributed by atoms with Crippen LogP contribution in [0, 0.1) is 37.1 Å². The number of benzene rings is 2. The van der Waals surface area contributed by atoms with E-state index in [4.69, 9.17) is 4.74 Å². The molecule has 0 spiro atoms. The molecule has 2 fully saturated rings. The molecule has 15 heteroatoms. The number of nitrogens with zero attached hydrogens (tertiary/aromatic N) is 6. The summed E-state index contributed by atoms with van der Waals surface area (Å²) < 4.78 is 67.3. The van der Waals surface area contributed by atoms with E-state index in [-0.39, 0.29) is 34.8 Å². The van der Waals surface area contributed by atoms with Gasteiger partial charge in [0.15, 0.2) is 11.5 Å². The molecule has 5 rings (SSSR count). The SMILES string of the molecule is Cc1c(F)c(C)c(F)c(C(=O)Nc2c(N3C[C@@H](C)N(C)[C@@H](C)C3)ccc(-n3cc(C(=O)NCCCN4CCOCC4)nn3)c2F)c1F. The number of likely N-dealkylation sites (N-methyl/N-ethyl adjacent to an activating group) is 1. The van der Waals surface area contributed by atoms with E-state index >= 15 is 13.2 Å². The summed E-state index contributed by atoms with van der Waals surface area (Å²) >= 11 is 0. The first-order valence-electron chi connectivity index (χ1n) is 15.6. The zero-order valence-corrected chi connectivity index (χ0v) is 27.2. The van der Waals surface area contributed by atoms with E-state index in [1.807, 2.05) is 25.8 Å². The highest BCUT2D eigenvalue weighted by atomic mass is 19.1. The number of aromatic nitrogens is 3. The molecule has 11 nitrogen and oxygen atoms in total. The molecule has 3 heterocycles. The average Bonchev–Trinajstić information content (AvgIpc) is 3.55. The second kappa shape index (κ2) is 14.4. The first kappa shape index (κ1) is 34.3. The minimum Gasteiger partial charge on any atom is -0.379 e. The standard InChI is InChI=1S/C32H40F4N8O3/c1-18-15-43(16-19(2)41(18)5)24-8-7-23(29(36)30(24)38-32(46)25-27(34)20(3)26(33)21(4)28(25)35)44-17-22(39-40-44)31(45)37-9-6-10-42-11-13-47-14-12-42/h7-8,17-19H,6,9-16H2,1-5H3,(H,37,45)(H,38,46)/t18-,19+. The van der Waals surface area contributed by atoms with Gasteiger partial charge in [-0.05, 0) is 59.8 Å². The van der Waals surface area contributed by atoms with Crippen molar-refractivity contribution in [3.05, 3.63) is 64.0 Å². The summed E-state index contributed by atoms with van der Waals surface area (Å²) in [6.45, 7) is 11.4. The molecule has 2 saturated heterocycles. The minimum absolute atomic E-state index is 0.0476. The molecule has 0 unspecified atom stereocenters. The fraction of sp³-hybridized carbons (Fsp3) is 0.500. The van der Waals surface area contributed by atoms with Crippen molar-refractivity contribution in [1.82, 2.24) is 30.1 Å². The Balaban J connectivity index is 1.43. The van der Waals surface area contributed by atoms with Crippen LogP contribution in [0.4, 0.5) is 28.9 Å². The van der Waals surface area contributed by atoms with Crippen LogP contribution in [0.25, 0.3) is 5.69 Å². The highest BCUT2D eigenvalue weighted by molar-refractivity contribution is 6.07. The number of halogens is 4. The Bertz CT molecular complexity index is 1600. The Morgan fingerprint density at radius 3 is 2.17 bits per heavy atom. The summed E-state index contributed by atoms with van der Waals surface area (Å²) in [5.74, 6) is -6.59. The van der Waals surface area contributed by atoms with Crippen molar-refractivity contribution < 1.29 is 31.9 Å². The molecule has 2 amide bonds. The van der Waals surface area contributed by atoms with Gasteiger partial charge < -0.3 is 20.3 Å². The molecule has 0 saturated carbocycles. The third-order valence-corrected chi connectivity index (χ3v) is 9.03. The summed E-state index contributed by atoms with van der Waals surface area (Å²) in [6, 6.07) is 3.12. The van der Waals surface area contributed by atoms with E-state index in [2.05, 4.69) is 30.7 Å². The minimum atomic E-state index is -1.38. The molecule has 2 N–H and O–H groups in total. The van der Waals surface area contributed by atoms with E-state index in [1.165, 1.54) is 12.3 Å². The van der Waals surface area contributed by atoms with E-state index < -0.39 is 51.8 Å². The van der Waals surface area contributed by atoms with Crippen molar-refractivity contribution in [1.29, 1.82) is 0 Å². The van der Waals surface area contributed by atoms with Gasteiger partial charge in [0.1, 0.15) is 34.4 Å². The smallest absolute Gasteiger partial charge is 0.273 e. The number of piperazine rings is 1. The molecule has 2 aromatic carbocycles. The molecule has 0 bridgehead atoms. The van der Waals surface area contributed by atoms with Crippen LogP contribution in [0.2, 0.25) is 0 Å². The number of rotatable bonds is 9. The van der Waals surface area contributed by atoms with E-state index in [0.717, 1.165) is 44.6 Å². The van der Waals surface area contributed by atoms with Gasteiger partial charge in [-0.2, -0.15) is 0 Å². The largest absolute Gasteiger partial charge is 0.379 e. The zero-order valence-electron chi connectivity index (χ0n) is 27.2. The van der Waals surface area contributed by atoms with Crippen molar-refractivity contribution >= 4 is 23.2 Å². The monoisotopic (exact) mass is 660 g/mol. The quantitative estimate of drug-likeness (QED) is 0.265. The number of ether oxygens (including phenoxy) is 1. The molecule has 2 aliphatic rings. The number of carbonyl (C=O) groups is 2. The second-order valence-electron chi connectivity index (χ2n) is 12.2. The summed E-state index contributed by atoms with van der Waals surface area (Å²) in [7, 11) is 1.98. The van der Waals surface area contributed by atoms with Gasteiger partial charge in [0.05, 0.1) is 25.1 Å². The molecule has 2 atom stereocenters. The summed E-state index contributed by atoms with van der Waals surface area (Å²) in [5.41, 5.74) is -2.36. The number of hydrogen-bond acceptors (Lipinski definition) is 8. The van der Waals surface area contributed by atoms with Crippen molar-refractivity contribution in [2.24, 2.45) is 0 Å². The van der Waals surface area contributed by atoms with Crippen LogP contribution in [0.15, 0.2) is 18.3 Å². The first-order chi connectivity index (χ1) is 22.4. The van der Waals surface area contributed by atoms with Crippen LogP contribution in [0.3, 0.4) is 0 Å². The fourth-order valence-electron chi connectivity index (χ4n) is 5.94. The topological polar surface area (TPSA) is 108 Å². The van der Waals surface area contributed by atoms with E-state index in [1.54, 1.807) is 6.07 Å². The molecular formula is C32H40F4N8O3. The molecule has 254 valence electrons. The maximum Gasteiger partial charge on any atom is 0.273 e. The molecule has 2 aliphatic heterocycles. The van der Waals surface area contributed by atoms with Gasteiger partial charge in [0.2, 0.25) is 0 Å². The maximum absolute atomic E-state index is 16.5. The van der Waals surface area contributed by atoms with Crippen molar-refractivity contribution in [3.8, 4) is 5.69 Å². The van der Waals surface area contributed by atoms with Gasteiger partial charge in [-0.3, -0.25) is 19.4 Å². The van der Waals surface area contributed by atoms with Gasteiger partial charge in [0, 0.05) is 55.9 Å². The summed E-state index contributed by atoms with van der Waals surface area (Å²) in [5, 5.41) is 13.0. The Labute approximate surface area is 270 Å². The highest BCUT2D eigenvalue weighted by Crippen LogP contribution is 2.36. The lowest BCUT2D eigenvalue weighted by molar-refractivity contribution is 0.0374. The molecule has 1 aromatic heterocycles. The third kappa shape index (κ3) is 7.11. The molecule has 3 aromatic rings. The second-order valence-corrected chi connectivity index (χ2v) is 12.2. The Morgan fingerprint density at radius 2 is 1.53 bits per heavy atom. The van der Waals surface area contributed by atoms with Crippen LogP contribution in [-0.4, -0.2) is 108 Å². The number of nitrogens with one attached hydrogen (secondary N) is 2. The summed E-state index contributed by atoms with van der Waals surface area (Å²) in [4.78, 5) is 32.5. The molecule has 0 aliphatic carbocycles. The molecule has 0 radical (unpaired) electrons. The van der Waals surface area contributed by atoms with Gasteiger partial charge >= 0.3 is 0 Å².